The summed E-state index contributed by atoms with van der Waals surface area (Å²) in [7, 11) is 0. The van der Waals surface area contributed by atoms with Gasteiger partial charge in [-0.15, -0.1) is 0 Å². The number of aliphatic hydroxyl groups is 1. The lowest BCUT2D eigenvalue weighted by atomic mass is 10.2. The number of thiol groups is 1. The zero-order valence-corrected chi connectivity index (χ0v) is 14.5. The standard InChI is InChI=1S/C15H22ClN3O2S/c1-11-10-21-7-5-19(11)13-9-12(17-14(16)18-13)15(3-4-15)22-8-2-6-20/h9,11,20H,2-8,10H2,1H3/p+1/t11-/m0/s1. The van der Waals surface area contributed by atoms with E-state index in [1.165, 1.54) is 11.8 Å². The van der Waals surface area contributed by atoms with Crippen molar-refractivity contribution in [3.05, 3.63) is 17.0 Å². The molecule has 2 fully saturated rings. The zero-order valence-electron chi connectivity index (χ0n) is 12.8. The Morgan fingerprint density at radius 1 is 1.50 bits per heavy atom. The molecule has 2 heterocycles. The van der Waals surface area contributed by atoms with Gasteiger partial charge in [-0.25, -0.2) is 9.97 Å². The minimum absolute atomic E-state index is 0.131. The number of aromatic nitrogens is 2. The van der Waals surface area contributed by atoms with Crippen molar-refractivity contribution < 1.29 is 9.84 Å². The molecule has 1 aromatic heterocycles. The van der Waals surface area contributed by atoms with E-state index in [4.69, 9.17) is 21.4 Å². The molecule has 3 rings (SSSR count). The van der Waals surface area contributed by atoms with Gasteiger partial charge in [0.15, 0.2) is 4.75 Å². The first-order valence-corrected chi connectivity index (χ1v) is 9.29. The lowest BCUT2D eigenvalue weighted by Crippen LogP contribution is -2.44. The molecule has 22 heavy (non-hydrogen) atoms. The predicted molar refractivity (Wildman–Crippen MR) is 90.9 cm³/mol. The molecular formula is C15H23ClN3O2S+. The molecule has 1 aliphatic carbocycles. The average Bonchev–Trinajstić information content (AvgIpc) is 3.28. The topological polar surface area (TPSA) is 58.5 Å². The third kappa shape index (κ3) is 3.50. The van der Waals surface area contributed by atoms with Crippen molar-refractivity contribution in [2.75, 3.05) is 37.0 Å². The first kappa shape index (κ1) is 16.3. The van der Waals surface area contributed by atoms with E-state index in [1.807, 2.05) is 0 Å². The van der Waals surface area contributed by atoms with Gasteiger partial charge >= 0.3 is 0 Å². The largest absolute Gasteiger partial charge is 0.396 e. The van der Waals surface area contributed by atoms with Crippen LogP contribution in [0.1, 0.15) is 31.9 Å². The molecular weight excluding hydrogens is 322 g/mol. The molecule has 122 valence electrons. The van der Waals surface area contributed by atoms with E-state index in [0.717, 1.165) is 56.3 Å². The average molecular weight is 345 g/mol. The van der Waals surface area contributed by atoms with Gasteiger partial charge in [-0.05, 0) is 30.3 Å². The summed E-state index contributed by atoms with van der Waals surface area (Å²) in [5.41, 5.74) is 1.06. The highest BCUT2D eigenvalue weighted by Crippen LogP contribution is 2.49. The number of morpholine rings is 1. The van der Waals surface area contributed by atoms with Crippen LogP contribution in [0.15, 0.2) is 6.07 Å². The highest BCUT2D eigenvalue weighted by molar-refractivity contribution is 7.79. The Labute approximate surface area is 140 Å². The Morgan fingerprint density at radius 3 is 3.00 bits per heavy atom. The van der Waals surface area contributed by atoms with E-state index in [9.17, 15) is 0 Å². The van der Waals surface area contributed by atoms with Crippen molar-refractivity contribution in [3.63, 3.8) is 0 Å². The first-order valence-electron chi connectivity index (χ1n) is 7.83. The summed E-state index contributed by atoms with van der Waals surface area (Å²) in [6, 6.07) is 2.40. The predicted octanol–water partition coefficient (Wildman–Crippen LogP) is 1.54. The number of hydrogen-bond donors (Lipinski definition) is 1. The second kappa shape index (κ2) is 6.91. The van der Waals surface area contributed by atoms with Crippen molar-refractivity contribution in [1.29, 1.82) is 0 Å². The van der Waals surface area contributed by atoms with Crippen LogP contribution in [0.25, 0.3) is 0 Å². The van der Waals surface area contributed by atoms with Gasteiger partial charge in [0, 0.05) is 38.5 Å². The van der Waals surface area contributed by atoms with Gasteiger partial charge in [-0.3, -0.25) is 0 Å². The van der Waals surface area contributed by atoms with Crippen molar-refractivity contribution in [2.45, 2.75) is 37.0 Å². The van der Waals surface area contributed by atoms with Crippen molar-refractivity contribution in [3.8, 4) is 0 Å². The van der Waals surface area contributed by atoms with Gasteiger partial charge in [0.25, 0.3) is 0 Å². The van der Waals surface area contributed by atoms with Crippen LogP contribution in [-0.4, -0.2) is 53.2 Å². The second-order valence-corrected chi connectivity index (χ2v) is 7.95. The highest BCUT2D eigenvalue weighted by Gasteiger charge is 2.54. The lowest BCUT2D eigenvalue weighted by molar-refractivity contribution is 0.0985. The summed E-state index contributed by atoms with van der Waals surface area (Å²) >= 11 is 7.53. The summed E-state index contributed by atoms with van der Waals surface area (Å²) in [6.45, 7) is 4.67. The Morgan fingerprint density at radius 2 is 2.32 bits per heavy atom. The molecule has 1 aliphatic heterocycles. The summed E-state index contributed by atoms with van der Waals surface area (Å²) in [5, 5.41) is 9.30. The van der Waals surface area contributed by atoms with Crippen LogP contribution in [0.4, 0.5) is 5.82 Å². The molecule has 7 heteroatoms. The van der Waals surface area contributed by atoms with Crippen LogP contribution < -0.4 is 4.90 Å². The first-order chi connectivity index (χ1) is 10.6. The molecule has 2 aliphatic rings. The maximum Gasteiger partial charge on any atom is 0.224 e. The van der Waals surface area contributed by atoms with Crippen LogP contribution in [0.3, 0.4) is 0 Å². The molecule has 0 radical (unpaired) electrons. The molecule has 1 saturated carbocycles. The van der Waals surface area contributed by atoms with Crippen LogP contribution in [0.5, 0.6) is 0 Å². The van der Waals surface area contributed by atoms with Crippen molar-refractivity contribution >= 4 is 29.2 Å². The Kier molecular flexibility index (Phi) is 5.12. The molecule has 0 bridgehead atoms. The molecule has 0 amide bonds. The molecule has 0 unspecified atom stereocenters. The molecule has 0 aromatic carbocycles. The van der Waals surface area contributed by atoms with Gasteiger partial charge in [0.2, 0.25) is 5.28 Å². The van der Waals surface area contributed by atoms with Crippen LogP contribution in [0, 0.1) is 0 Å². The van der Waals surface area contributed by atoms with Crippen LogP contribution in [0.2, 0.25) is 5.28 Å². The number of hydrogen-bond acceptors (Lipinski definition) is 5. The van der Waals surface area contributed by atoms with E-state index in [0.29, 0.717) is 11.3 Å². The molecule has 1 aromatic rings. The van der Waals surface area contributed by atoms with E-state index < -0.39 is 0 Å². The van der Waals surface area contributed by atoms with Crippen LogP contribution in [-0.2, 0) is 21.2 Å². The minimum Gasteiger partial charge on any atom is -0.396 e. The second-order valence-electron chi connectivity index (χ2n) is 5.99. The van der Waals surface area contributed by atoms with Gasteiger partial charge in [-0.2, -0.15) is 0 Å². The number of aliphatic hydroxyl groups excluding tert-OH is 1. The SMILES string of the molecule is C[C@H]1COCCN1c1cc(C2([SH+]CCCO)CC2)nc(Cl)n1. The molecule has 1 N–H and O–H groups in total. The van der Waals surface area contributed by atoms with E-state index >= 15 is 0 Å². The highest BCUT2D eigenvalue weighted by atomic mass is 35.5. The summed E-state index contributed by atoms with van der Waals surface area (Å²) in [4.78, 5) is 11.2. The van der Waals surface area contributed by atoms with Gasteiger partial charge < -0.3 is 14.7 Å². The summed E-state index contributed by atoms with van der Waals surface area (Å²) < 4.78 is 5.63. The third-order valence-electron chi connectivity index (χ3n) is 4.28. The monoisotopic (exact) mass is 344 g/mol. The lowest BCUT2D eigenvalue weighted by Gasteiger charge is -2.34. The van der Waals surface area contributed by atoms with Crippen LogP contribution >= 0.6 is 11.6 Å². The third-order valence-corrected chi connectivity index (χ3v) is 6.27. The number of halogens is 1. The number of ether oxygens (including phenoxy) is 1. The van der Waals surface area contributed by atoms with Gasteiger partial charge in [0.1, 0.15) is 17.3 Å². The fraction of sp³-hybridized carbons (Fsp3) is 0.733. The molecule has 1 saturated heterocycles. The summed E-state index contributed by atoms with van der Waals surface area (Å²) in [6.07, 6.45) is 3.13. The van der Waals surface area contributed by atoms with Crippen molar-refractivity contribution in [2.24, 2.45) is 0 Å². The Bertz CT molecular complexity index is 528. The number of rotatable bonds is 6. The molecule has 5 nitrogen and oxygen atoms in total. The fourth-order valence-corrected chi connectivity index (χ4v) is 4.45. The number of nitrogens with zero attached hydrogens (tertiary/aromatic N) is 3. The minimum atomic E-state index is 0.131. The van der Waals surface area contributed by atoms with E-state index in [-0.39, 0.29) is 11.4 Å². The van der Waals surface area contributed by atoms with E-state index in [2.05, 4.69) is 27.9 Å². The normalized spacial score (nSPS) is 23.6. The maximum absolute atomic E-state index is 8.97. The summed E-state index contributed by atoms with van der Waals surface area (Å²) in [5.74, 6) is 1.91. The quantitative estimate of drug-likeness (QED) is 0.367. The van der Waals surface area contributed by atoms with E-state index in [1.54, 1.807) is 0 Å². The number of anilines is 1. The van der Waals surface area contributed by atoms with Gasteiger partial charge in [-0.1, -0.05) is 0 Å². The Balaban J connectivity index is 1.81. The van der Waals surface area contributed by atoms with Crippen molar-refractivity contribution in [1.82, 2.24) is 9.97 Å². The maximum atomic E-state index is 8.97. The smallest absolute Gasteiger partial charge is 0.224 e. The molecule has 1 atom stereocenters. The zero-order chi connectivity index (χ0) is 15.6. The fourth-order valence-electron chi connectivity index (χ4n) is 2.84. The molecule has 0 spiro atoms. The Hall–Kier alpha value is -0.560. The van der Waals surface area contributed by atoms with Gasteiger partial charge in [0.05, 0.1) is 19.3 Å².